The number of hydrogen-bond donors (Lipinski definition) is 0. The number of fused-ring (bicyclic) bond motifs is 1. The van der Waals surface area contributed by atoms with Gasteiger partial charge in [0.1, 0.15) is 12.7 Å². The van der Waals surface area contributed by atoms with E-state index in [2.05, 4.69) is 20.8 Å². The summed E-state index contributed by atoms with van der Waals surface area (Å²) >= 11 is 5.87. The summed E-state index contributed by atoms with van der Waals surface area (Å²) in [6.45, 7) is 7.00. The van der Waals surface area contributed by atoms with E-state index in [9.17, 15) is 0 Å². The lowest BCUT2D eigenvalue weighted by Crippen LogP contribution is -2.39. The molecular weight excluding hydrogens is 224 g/mol. The van der Waals surface area contributed by atoms with Crippen LogP contribution in [0.25, 0.3) is 0 Å². The van der Waals surface area contributed by atoms with Crippen LogP contribution in [-0.4, -0.2) is 12.7 Å². The van der Waals surface area contributed by atoms with Gasteiger partial charge in [-0.15, -0.1) is 0 Å². The predicted octanol–water partition coefficient (Wildman–Crippen LogP) is 4.16. The second-order valence-corrected chi connectivity index (χ2v) is 5.31. The lowest BCUT2D eigenvalue weighted by atomic mass is 9.89. The van der Waals surface area contributed by atoms with E-state index in [-0.39, 0.29) is 18.9 Å². The molecule has 1 atom stereocenters. The van der Waals surface area contributed by atoms with Gasteiger partial charge >= 0.3 is 0 Å². The van der Waals surface area contributed by atoms with Crippen LogP contribution in [0.4, 0.5) is 0 Å². The Balaban J connectivity index is 0.00000128. The van der Waals surface area contributed by atoms with Gasteiger partial charge < -0.3 is 9.47 Å². The maximum Gasteiger partial charge on any atom is 0.162 e. The molecule has 3 heteroatoms. The van der Waals surface area contributed by atoms with Crippen molar-refractivity contribution in [1.29, 1.82) is 0 Å². The van der Waals surface area contributed by atoms with E-state index >= 15 is 0 Å². The van der Waals surface area contributed by atoms with Gasteiger partial charge in [0.2, 0.25) is 0 Å². The number of ether oxygens (including phenoxy) is 2. The smallest absolute Gasteiger partial charge is 0.162 e. The zero-order valence-electron chi connectivity index (χ0n) is 9.21. The molecule has 0 amide bonds. The predicted molar refractivity (Wildman–Crippen MR) is 67.5 cm³/mol. The molecule has 0 aliphatic carbocycles. The summed E-state index contributed by atoms with van der Waals surface area (Å²) in [5.41, 5.74) is 0.0807. The highest BCUT2D eigenvalue weighted by Gasteiger charge is 2.31. The molecule has 1 aromatic rings. The second kappa shape index (κ2) is 4.54. The Morgan fingerprint density at radius 3 is 2.56 bits per heavy atom. The number of halogens is 1. The van der Waals surface area contributed by atoms with Gasteiger partial charge in [0.05, 0.1) is 0 Å². The topological polar surface area (TPSA) is 18.5 Å². The highest BCUT2D eigenvalue weighted by Crippen LogP contribution is 2.37. The van der Waals surface area contributed by atoms with E-state index in [0.717, 1.165) is 11.5 Å². The van der Waals surface area contributed by atoms with Crippen LogP contribution < -0.4 is 9.47 Å². The highest BCUT2D eigenvalue weighted by molar-refractivity contribution is 6.30. The monoisotopic (exact) mass is 242 g/mol. The third-order valence-corrected chi connectivity index (χ3v) is 2.77. The first-order valence-corrected chi connectivity index (χ1v) is 5.43. The Labute approximate surface area is 103 Å². The third-order valence-electron chi connectivity index (χ3n) is 2.53. The molecule has 90 valence electrons. The molecule has 0 fully saturated rings. The van der Waals surface area contributed by atoms with E-state index in [1.165, 1.54) is 0 Å². The summed E-state index contributed by atoms with van der Waals surface area (Å²) in [5, 5.41) is 0.673. The van der Waals surface area contributed by atoms with Crippen LogP contribution in [0, 0.1) is 5.41 Å². The van der Waals surface area contributed by atoms with Crippen LogP contribution in [0.3, 0.4) is 0 Å². The van der Waals surface area contributed by atoms with E-state index in [1.54, 1.807) is 6.07 Å². The second-order valence-electron chi connectivity index (χ2n) is 4.87. The molecule has 0 radical (unpaired) electrons. The number of rotatable bonds is 0. The van der Waals surface area contributed by atoms with Crippen LogP contribution in [0.5, 0.6) is 11.5 Å². The average Bonchev–Trinajstić information content (AvgIpc) is 2.15. The van der Waals surface area contributed by atoms with Crippen molar-refractivity contribution in [2.75, 3.05) is 6.61 Å². The van der Waals surface area contributed by atoms with Crippen LogP contribution in [0.2, 0.25) is 5.02 Å². The lowest BCUT2D eigenvalue weighted by Gasteiger charge is -2.35. The Morgan fingerprint density at radius 1 is 1.25 bits per heavy atom. The maximum absolute atomic E-state index is 5.87. The van der Waals surface area contributed by atoms with E-state index < -0.39 is 0 Å². The van der Waals surface area contributed by atoms with Crippen molar-refractivity contribution in [1.82, 2.24) is 0 Å². The Bertz CT molecular complexity index is 369. The summed E-state index contributed by atoms with van der Waals surface area (Å²) in [6, 6.07) is 5.46. The first-order valence-electron chi connectivity index (χ1n) is 5.06. The van der Waals surface area contributed by atoms with Crippen LogP contribution in [0.1, 0.15) is 28.2 Å². The molecule has 16 heavy (non-hydrogen) atoms. The van der Waals surface area contributed by atoms with Crippen molar-refractivity contribution in [2.24, 2.45) is 5.41 Å². The Kier molecular flexibility index (Phi) is 3.74. The fourth-order valence-electron chi connectivity index (χ4n) is 1.47. The largest absolute Gasteiger partial charge is 0.486 e. The minimum Gasteiger partial charge on any atom is -0.486 e. The molecule has 0 aromatic heterocycles. The fourth-order valence-corrected chi connectivity index (χ4v) is 1.63. The summed E-state index contributed by atoms with van der Waals surface area (Å²) in [6.07, 6.45) is 0.0891. The lowest BCUT2D eigenvalue weighted by molar-refractivity contribution is 0.0164. The van der Waals surface area contributed by atoms with Gasteiger partial charge in [0, 0.05) is 16.5 Å². The van der Waals surface area contributed by atoms with Crippen molar-refractivity contribution in [3.05, 3.63) is 23.2 Å². The summed E-state index contributed by atoms with van der Waals surface area (Å²) in [4.78, 5) is 0. The minimum atomic E-state index is 0. The molecule has 1 unspecified atom stereocenters. The summed E-state index contributed by atoms with van der Waals surface area (Å²) < 4.78 is 11.5. The standard InChI is InChI=1S/C12H15ClO2.CH4/c1-12(2,3)11-7-14-10-6-8(13)4-5-9(10)15-11;/h4-6,11H,7H2,1-3H3;1H4. The summed E-state index contributed by atoms with van der Waals surface area (Å²) in [7, 11) is 0. The van der Waals surface area contributed by atoms with E-state index in [1.807, 2.05) is 12.1 Å². The molecule has 0 saturated heterocycles. The number of hydrogen-bond acceptors (Lipinski definition) is 2. The maximum atomic E-state index is 5.87. The van der Waals surface area contributed by atoms with Crippen molar-refractivity contribution in [2.45, 2.75) is 34.3 Å². The molecule has 1 heterocycles. The molecular formula is C13H19ClO2. The SMILES string of the molecule is C.CC(C)(C)C1COc2cc(Cl)ccc2O1. The van der Waals surface area contributed by atoms with E-state index in [0.29, 0.717) is 11.6 Å². The molecule has 0 spiro atoms. The molecule has 0 saturated carbocycles. The molecule has 1 aliphatic heterocycles. The molecule has 2 nitrogen and oxygen atoms in total. The zero-order valence-corrected chi connectivity index (χ0v) is 9.97. The van der Waals surface area contributed by atoms with Crippen molar-refractivity contribution in [3.8, 4) is 11.5 Å². The molecule has 1 aromatic carbocycles. The highest BCUT2D eigenvalue weighted by atomic mass is 35.5. The van der Waals surface area contributed by atoms with Gasteiger partial charge in [-0.2, -0.15) is 0 Å². The first-order chi connectivity index (χ1) is 6.97. The van der Waals surface area contributed by atoms with Crippen molar-refractivity contribution >= 4 is 11.6 Å². The zero-order chi connectivity index (χ0) is 11.1. The van der Waals surface area contributed by atoms with Crippen LogP contribution in [-0.2, 0) is 0 Å². The molecule has 0 N–H and O–H groups in total. The minimum absolute atomic E-state index is 0. The quantitative estimate of drug-likeness (QED) is 0.680. The van der Waals surface area contributed by atoms with Crippen molar-refractivity contribution in [3.63, 3.8) is 0 Å². The van der Waals surface area contributed by atoms with Gasteiger partial charge in [-0.1, -0.05) is 39.8 Å². The van der Waals surface area contributed by atoms with Crippen LogP contribution >= 0.6 is 11.6 Å². The Morgan fingerprint density at radius 2 is 1.94 bits per heavy atom. The molecule has 2 rings (SSSR count). The number of benzene rings is 1. The Hall–Kier alpha value is -0.890. The first kappa shape index (κ1) is 13.2. The fraction of sp³-hybridized carbons (Fsp3) is 0.538. The molecule has 0 bridgehead atoms. The van der Waals surface area contributed by atoms with Gasteiger partial charge in [-0.3, -0.25) is 0 Å². The molecule has 1 aliphatic rings. The van der Waals surface area contributed by atoms with Gasteiger partial charge in [0.25, 0.3) is 0 Å². The van der Waals surface area contributed by atoms with Crippen molar-refractivity contribution < 1.29 is 9.47 Å². The van der Waals surface area contributed by atoms with Crippen LogP contribution in [0.15, 0.2) is 18.2 Å². The van der Waals surface area contributed by atoms with Gasteiger partial charge in [-0.25, -0.2) is 0 Å². The van der Waals surface area contributed by atoms with Gasteiger partial charge in [-0.05, 0) is 12.1 Å². The normalized spacial score (nSPS) is 18.9. The van der Waals surface area contributed by atoms with Gasteiger partial charge in [0.15, 0.2) is 11.5 Å². The average molecular weight is 243 g/mol. The van der Waals surface area contributed by atoms with E-state index in [4.69, 9.17) is 21.1 Å². The third kappa shape index (κ3) is 2.62. The summed E-state index contributed by atoms with van der Waals surface area (Å²) in [5.74, 6) is 1.52.